The van der Waals surface area contributed by atoms with Crippen LogP contribution in [0.5, 0.6) is 0 Å². The molecule has 1 atom stereocenters. The molecule has 1 heterocycles. The number of rotatable bonds is 8. The molecule has 0 aromatic heterocycles. The molecule has 1 saturated heterocycles. The molecule has 0 aromatic rings. The molecule has 0 N–H and O–H groups in total. The minimum Gasteiger partial charge on any atom is -0.409 e. The highest BCUT2D eigenvalue weighted by Crippen LogP contribution is 2.33. The molecule has 0 aromatic carbocycles. The van der Waals surface area contributed by atoms with Crippen molar-refractivity contribution in [2.75, 3.05) is 13.2 Å². The molecule has 0 aliphatic carbocycles. The van der Waals surface area contributed by atoms with Gasteiger partial charge in [0.05, 0.1) is 19.3 Å². The van der Waals surface area contributed by atoms with Gasteiger partial charge < -0.3 is 13.9 Å². The van der Waals surface area contributed by atoms with Crippen molar-refractivity contribution in [2.24, 2.45) is 0 Å². The normalized spacial score (nSPS) is 21.3. The second-order valence-electron chi connectivity index (χ2n) is 5.62. The minimum absolute atomic E-state index is 0.0379. The summed E-state index contributed by atoms with van der Waals surface area (Å²) in [5.41, 5.74) is 0. The summed E-state index contributed by atoms with van der Waals surface area (Å²) in [5.74, 6) is -0.505. The lowest BCUT2D eigenvalue weighted by Gasteiger charge is -2.44. The van der Waals surface area contributed by atoms with Gasteiger partial charge in [0.25, 0.3) is 0 Å². The van der Waals surface area contributed by atoms with Crippen molar-refractivity contribution >= 4 is 8.32 Å². The number of ether oxygens (including phenoxy) is 2. The van der Waals surface area contributed by atoms with Gasteiger partial charge in [-0.1, -0.05) is 34.1 Å². The van der Waals surface area contributed by atoms with Gasteiger partial charge in [0.15, 0.2) is 14.1 Å². The number of hydrogen-bond donors (Lipinski definition) is 0. The zero-order chi connectivity index (χ0) is 14.4. The summed E-state index contributed by atoms with van der Waals surface area (Å²) in [7, 11) is -1.61. The van der Waals surface area contributed by atoms with Gasteiger partial charge in [0, 0.05) is 6.42 Å². The van der Waals surface area contributed by atoms with Gasteiger partial charge in [-0.25, -0.2) is 0 Å². The third-order valence-corrected chi connectivity index (χ3v) is 9.36. The number of hydrogen-bond acceptors (Lipinski definition) is 3. The highest BCUT2D eigenvalue weighted by molar-refractivity contribution is 6.73. The van der Waals surface area contributed by atoms with E-state index >= 15 is 0 Å². The molecule has 4 heteroatoms. The molecule has 1 aliphatic heterocycles. The van der Waals surface area contributed by atoms with Crippen LogP contribution >= 0.6 is 0 Å². The highest BCUT2D eigenvalue weighted by Gasteiger charge is 2.43. The van der Waals surface area contributed by atoms with Crippen molar-refractivity contribution in [1.29, 1.82) is 0 Å². The van der Waals surface area contributed by atoms with Crippen LogP contribution in [0.4, 0.5) is 0 Å². The fourth-order valence-corrected chi connectivity index (χ4v) is 6.57. The Labute approximate surface area is 120 Å². The Kier molecular flexibility index (Phi) is 7.01. The van der Waals surface area contributed by atoms with Crippen molar-refractivity contribution in [2.45, 2.75) is 83.9 Å². The second-order valence-corrected chi connectivity index (χ2v) is 10.1. The van der Waals surface area contributed by atoms with Crippen LogP contribution in [-0.2, 0) is 13.9 Å². The van der Waals surface area contributed by atoms with Gasteiger partial charge in [-0.3, -0.25) is 0 Å². The van der Waals surface area contributed by atoms with E-state index in [1.54, 1.807) is 0 Å². The molecule has 0 radical (unpaired) electrons. The monoisotopic (exact) mass is 288 g/mol. The zero-order valence-electron chi connectivity index (χ0n) is 13.5. The maximum absolute atomic E-state index is 6.60. The summed E-state index contributed by atoms with van der Waals surface area (Å²) in [5, 5.41) is 0. The van der Waals surface area contributed by atoms with Crippen molar-refractivity contribution in [3.8, 4) is 0 Å². The first kappa shape index (κ1) is 17.1. The van der Waals surface area contributed by atoms with Crippen LogP contribution in [0.3, 0.4) is 0 Å². The predicted molar refractivity (Wildman–Crippen MR) is 81.9 cm³/mol. The van der Waals surface area contributed by atoms with Gasteiger partial charge in [0.1, 0.15) is 0 Å². The molecule has 114 valence electrons. The Hall–Kier alpha value is 0.0969. The standard InChI is InChI=1S/C15H32O3Si/c1-6-13-19(8-3,9-4)18-14(5)15(7-2)16-11-10-12-17-15/h14H,6-13H2,1-5H3. The van der Waals surface area contributed by atoms with Gasteiger partial charge in [-0.2, -0.15) is 0 Å². The molecule has 1 fully saturated rings. The first-order chi connectivity index (χ1) is 9.08. The summed E-state index contributed by atoms with van der Waals surface area (Å²) < 4.78 is 18.5. The predicted octanol–water partition coefficient (Wildman–Crippen LogP) is 4.33. The molecule has 0 bridgehead atoms. The largest absolute Gasteiger partial charge is 0.409 e. The lowest BCUT2D eigenvalue weighted by molar-refractivity contribution is -0.302. The molecule has 0 spiro atoms. The van der Waals surface area contributed by atoms with E-state index in [0.29, 0.717) is 0 Å². The summed E-state index contributed by atoms with van der Waals surface area (Å²) in [6.45, 7) is 12.7. The summed E-state index contributed by atoms with van der Waals surface area (Å²) in [6.07, 6.45) is 3.10. The smallest absolute Gasteiger partial charge is 0.193 e. The van der Waals surface area contributed by atoms with E-state index in [0.717, 1.165) is 26.1 Å². The van der Waals surface area contributed by atoms with Crippen molar-refractivity contribution < 1.29 is 13.9 Å². The van der Waals surface area contributed by atoms with Gasteiger partial charge in [-0.05, 0) is 31.5 Å². The summed E-state index contributed by atoms with van der Waals surface area (Å²) in [6, 6.07) is 3.60. The van der Waals surface area contributed by atoms with Gasteiger partial charge in [-0.15, -0.1) is 0 Å². The van der Waals surface area contributed by atoms with Gasteiger partial charge >= 0.3 is 0 Å². The maximum atomic E-state index is 6.60. The Morgan fingerprint density at radius 2 is 1.68 bits per heavy atom. The molecule has 0 amide bonds. The summed E-state index contributed by atoms with van der Waals surface area (Å²) >= 11 is 0. The molecule has 0 saturated carbocycles. The minimum atomic E-state index is -1.61. The SMILES string of the molecule is CCC[Si](CC)(CC)OC(C)C1(CC)OCCCO1. The molecule has 19 heavy (non-hydrogen) atoms. The van der Waals surface area contributed by atoms with Crippen LogP contribution < -0.4 is 0 Å². The van der Waals surface area contributed by atoms with Crippen molar-refractivity contribution in [3.05, 3.63) is 0 Å². The molecule has 3 nitrogen and oxygen atoms in total. The molecule has 1 rings (SSSR count). The molecular weight excluding hydrogens is 256 g/mol. The van der Waals surface area contributed by atoms with E-state index in [-0.39, 0.29) is 6.10 Å². The van der Waals surface area contributed by atoms with Crippen molar-refractivity contribution in [1.82, 2.24) is 0 Å². The first-order valence-electron chi connectivity index (χ1n) is 8.03. The van der Waals surface area contributed by atoms with Crippen LogP contribution in [0.15, 0.2) is 0 Å². The quantitative estimate of drug-likeness (QED) is 0.622. The average molecular weight is 289 g/mol. The zero-order valence-corrected chi connectivity index (χ0v) is 14.5. The highest BCUT2D eigenvalue weighted by atomic mass is 28.4. The van der Waals surface area contributed by atoms with Crippen LogP contribution in [0.25, 0.3) is 0 Å². The third kappa shape index (κ3) is 4.03. The van der Waals surface area contributed by atoms with E-state index in [2.05, 4.69) is 34.6 Å². The Bertz CT molecular complexity index is 248. The average Bonchev–Trinajstić information content (AvgIpc) is 2.47. The van der Waals surface area contributed by atoms with Gasteiger partial charge in [0.2, 0.25) is 0 Å². The molecule has 1 aliphatic rings. The maximum Gasteiger partial charge on any atom is 0.193 e. The first-order valence-corrected chi connectivity index (χ1v) is 10.6. The fourth-order valence-electron chi connectivity index (χ4n) is 3.07. The van der Waals surface area contributed by atoms with E-state index in [1.165, 1.54) is 24.6 Å². The molecular formula is C15H32O3Si. The molecule has 1 unspecified atom stereocenters. The summed E-state index contributed by atoms with van der Waals surface area (Å²) in [4.78, 5) is 0. The van der Waals surface area contributed by atoms with E-state index in [1.807, 2.05) is 0 Å². The Morgan fingerprint density at radius 1 is 1.11 bits per heavy atom. The Balaban J connectivity index is 2.76. The van der Waals surface area contributed by atoms with E-state index in [9.17, 15) is 0 Å². The van der Waals surface area contributed by atoms with E-state index in [4.69, 9.17) is 13.9 Å². The second kappa shape index (κ2) is 7.77. The Morgan fingerprint density at radius 3 is 2.11 bits per heavy atom. The fraction of sp³-hybridized carbons (Fsp3) is 1.00. The lowest BCUT2D eigenvalue weighted by atomic mass is 10.1. The van der Waals surface area contributed by atoms with Crippen LogP contribution in [-0.4, -0.2) is 33.4 Å². The third-order valence-electron chi connectivity index (χ3n) is 4.51. The van der Waals surface area contributed by atoms with Crippen LogP contribution in [0.2, 0.25) is 18.1 Å². The van der Waals surface area contributed by atoms with Crippen LogP contribution in [0.1, 0.15) is 53.9 Å². The lowest BCUT2D eigenvalue weighted by Crippen LogP contribution is -2.54. The van der Waals surface area contributed by atoms with E-state index < -0.39 is 14.1 Å². The van der Waals surface area contributed by atoms with Crippen LogP contribution in [0, 0.1) is 0 Å². The topological polar surface area (TPSA) is 27.7 Å². The van der Waals surface area contributed by atoms with Crippen molar-refractivity contribution in [3.63, 3.8) is 0 Å².